The van der Waals surface area contributed by atoms with Gasteiger partial charge < -0.3 is 34.8 Å². The van der Waals surface area contributed by atoms with Gasteiger partial charge in [0.25, 0.3) is 17.7 Å². The van der Waals surface area contributed by atoms with Gasteiger partial charge in [-0.25, -0.2) is 18.0 Å². The summed E-state index contributed by atoms with van der Waals surface area (Å²) in [6, 6.07) is 8.10. The number of hydrogen-bond donors (Lipinski definition) is 3. The Balaban J connectivity index is 1.27. The average molecular weight is 651 g/mol. The van der Waals surface area contributed by atoms with Gasteiger partial charge in [-0.2, -0.15) is 0 Å². The molecule has 0 saturated carbocycles. The van der Waals surface area contributed by atoms with E-state index in [0.717, 1.165) is 0 Å². The Kier molecular flexibility index (Phi) is 12.9. The lowest BCUT2D eigenvalue weighted by Crippen LogP contribution is -2.35. The third-order valence-electron chi connectivity index (χ3n) is 5.72. The summed E-state index contributed by atoms with van der Waals surface area (Å²) in [5.74, 6) is -4.49. The summed E-state index contributed by atoms with van der Waals surface area (Å²) < 4.78 is 40.6. The van der Waals surface area contributed by atoms with Gasteiger partial charge in [-0.15, -0.1) is 5.06 Å². The number of hydroxylamine groups is 2. The molecule has 0 radical (unpaired) electrons. The zero-order chi connectivity index (χ0) is 32.8. The van der Waals surface area contributed by atoms with Crippen molar-refractivity contribution in [2.24, 2.45) is 0 Å². The number of nitrogens with one attached hydrogen (secondary N) is 2. The Morgan fingerprint density at radius 3 is 2.13 bits per heavy atom. The third kappa shape index (κ3) is 11.6. The monoisotopic (exact) mass is 650 g/mol. The average Bonchev–Trinajstić information content (AvgIpc) is 3.32. The minimum atomic E-state index is -3.77. The van der Waals surface area contributed by atoms with E-state index in [1.807, 2.05) is 0 Å². The van der Waals surface area contributed by atoms with Crippen molar-refractivity contribution in [3.8, 4) is 5.75 Å². The lowest BCUT2D eigenvalue weighted by molar-refractivity contribution is -0.200. The summed E-state index contributed by atoms with van der Waals surface area (Å²) in [6.07, 6.45) is 1.18. The van der Waals surface area contributed by atoms with Crippen molar-refractivity contribution < 1.29 is 61.3 Å². The van der Waals surface area contributed by atoms with Gasteiger partial charge in [0.1, 0.15) is 19.0 Å². The maximum Gasteiger partial charge on any atom is 0.358 e. The van der Waals surface area contributed by atoms with Crippen LogP contribution in [-0.2, 0) is 53.9 Å². The Morgan fingerprint density at radius 1 is 0.867 bits per heavy atom. The van der Waals surface area contributed by atoms with Crippen LogP contribution in [0.25, 0.3) is 0 Å². The number of hydrogen-bond acceptors (Lipinski definition) is 13. The van der Waals surface area contributed by atoms with Crippen LogP contribution in [-0.4, -0.2) is 105 Å². The molecular weight excluding hydrogens is 620 g/mol. The standard InChI is InChI=1S/C27H30N4O13S/c32-22(28-9-11-42-16-26(37)44-31-23(33)7-8-24(31)34)14-41-12-10-29-27(38)18-1-2-19(30-13-18)17-45(39,40)21-5-3-20(4-6-21)43-15-25(35)36/h1-6,13H,7-12,14-17H2,(H,28,32)(H,29,38)(H,35,36). The molecule has 1 aliphatic heterocycles. The predicted octanol–water partition coefficient (Wildman–Crippen LogP) is -0.995. The molecule has 45 heavy (non-hydrogen) atoms. The van der Waals surface area contributed by atoms with Crippen molar-refractivity contribution in [2.45, 2.75) is 23.5 Å². The summed E-state index contributed by atoms with van der Waals surface area (Å²) in [5.41, 5.74) is 0.379. The second-order valence-corrected chi connectivity index (χ2v) is 11.2. The van der Waals surface area contributed by atoms with Gasteiger partial charge in [0, 0.05) is 32.1 Å². The van der Waals surface area contributed by atoms with E-state index >= 15 is 0 Å². The Hall–Kier alpha value is -4.94. The van der Waals surface area contributed by atoms with Gasteiger partial charge >= 0.3 is 11.9 Å². The number of nitrogens with zero attached hydrogens (tertiary/aromatic N) is 2. The number of carboxylic acids is 1. The molecule has 2 heterocycles. The zero-order valence-corrected chi connectivity index (χ0v) is 24.6. The van der Waals surface area contributed by atoms with Crippen LogP contribution in [0, 0.1) is 0 Å². The maximum atomic E-state index is 12.7. The second kappa shape index (κ2) is 16.8. The Bertz CT molecular complexity index is 1480. The molecule has 18 heteroatoms. The SMILES string of the molecule is O=C(O)COc1ccc(S(=O)(=O)Cc2ccc(C(=O)NCCOCC(=O)NCCOCC(=O)ON3C(=O)CCC3=O)cn2)cc1. The van der Waals surface area contributed by atoms with E-state index in [0.29, 0.717) is 5.06 Å². The number of imide groups is 1. The van der Waals surface area contributed by atoms with Crippen molar-refractivity contribution in [1.82, 2.24) is 20.7 Å². The molecule has 0 bridgehead atoms. The van der Waals surface area contributed by atoms with Gasteiger partial charge in [0.2, 0.25) is 5.91 Å². The van der Waals surface area contributed by atoms with E-state index < -0.39 is 64.4 Å². The number of aromatic nitrogens is 1. The highest BCUT2D eigenvalue weighted by molar-refractivity contribution is 7.90. The topological polar surface area (TPSA) is 234 Å². The molecular formula is C27H30N4O13S. The van der Waals surface area contributed by atoms with Crippen LogP contribution in [0.2, 0.25) is 0 Å². The molecule has 0 spiro atoms. The van der Waals surface area contributed by atoms with Gasteiger partial charge in [0.15, 0.2) is 16.4 Å². The van der Waals surface area contributed by atoms with Crippen LogP contribution < -0.4 is 15.4 Å². The van der Waals surface area contributed by atoms with E-state index in [4.69, 9.17) is 19.3 Å². The number of rotatable bonds is 18. The number of benzene rings is 1. The van der Waals surface area contributed by atoms with Crippen LogP contribution >= 0.6 is 0 Å². The Labute approximate surface area is 256 Å². The van der Waals surface area contributed by atoms with Crippen molar-refractivity contribution in [1.29, 1.82) is 0 Å². The Morgan fingerprint density at radius 2 is 1.51 bits per heavy atom. The van der Waals surface area contributed by atoms with E-state index in [1.165, 1.54) is 42.6 Å². The van der Waals surface area contributed by atoms with Crippen LogP contribution in [0.4, 0.5) is 0 Å². The number of ether oxygens (including phenoxy) is 3. The molecule has 3 rings (SSSR count). The van der Waals surface area contributed by atoms with Crippen LogP contribution in [0.3, 0.4) is 0 Å². The molecule has 0 unspecified atom stereocenters. The molecule has 242 valence electrons. The zero-order valence-electron chi connectivity index (χ0n) is 23.8. The number of sulfone groups is 1. The minimum absolute atomic E-state index is 0.00926. The minimum Gasteiger partial charge on any atom is -0.482 e. The highest BCUT2D eigenvalue weighted by atomic mass is 32.2. The molecule has 4 amide bonds. The summed E-state index contributed by atoms with van der Waals surface area (Å²) in [7, 11) is -3.77. The van der Waals surface area contributed by atoms with Gasteiger partial charge in [0.05, 0.1) is 35.1 Å². The molecule has 1 aromatic carbocycles. The molecule has 3 N–H and O–H groups in total. The fourth-order valence-corrected chi connectivity index (χ4v) is 4.85. The molecule has 2 aromatic rings. The number of carboxylic acid groups (broad SMARTS) is 1. The number of aliphatic carboxylic acids is 1. The second-order valence-electron chi connectivity index (χ2n) is 9.21. The first-order chi connectivity index (χ1) is 21.4. The molecule has 0 aliphatic carbocycles. The highest BCUT2D eigenvalue weighted by Gasteiger charge is 2.32. The molecule has 1 aliphatic rings. The van der Waals surface area contributed by atoms with E-state index in [1.54, 1.807) is 0 Å². The van der Waals surface area contributed by atoms with Gasteiger partial charge in [-0.3, -0.25) is 24.2 Å². The fourth-order valence-electron chi connectivity index (χ4n) is 3.57. The summed E-state index contributed by atoms with van der Waals surface area (Å²) in [6.45, 7) is -1.30. The maximum absolute atomic E-state index is 12.7. The number of carbonyl (C=O) groups excluding carboxylic acids is 5. The number of amides is 4. The molecule has 1 saturated heterocycles. The lowest BCUT2D eigenvalue weighted by atomic mass is 10.2. The van der Waals surface area contributed by atoms with E-state index in [-0.39, 0.29) is 67.7 Å². The van der Waals surface area contributed by atoms with Crippen molar-refractivity contribution in [2.75, 3.05) is 46.1 Å². The van der Waals surface area contributed by atoms with Crippen molar-refractivity contribution in [3.63, 3.8) is 0 Å². The normalized spacial score (nSPS) is 12.9. The first-order valence-corrected chi connectivity index (χ1v) is 15.0. The lowest BCUT2D eigenvalue weighted by Gasteiger charge is -2.12. The van der Waals surface area contributed by atoms with Crippen molar-refractivity contribution >= 4 is 45.4 Å². The quantitative estimate of drug-likeness (QED) is 0.130. The van der Waals surface area contributed by atoms with Crippen LogP contribution in [0.5, 0.6) is 5.75 Å². The van der Waals surface area contributed by atoms with Gasteiger partial charge in [-0.05, 0) is 36.4 Å². The molecule has 17 nitrogen and oxygen atoms in total. The van der Waals surface area contributed by atoms with Gasteiger partial charge in [-0.1, -0.05) is 0 Å². The largest absolute Gasteiger partial charge is 0.482 e. The first kappa shape index (κ1) is 34.5. The smallest absolute Gasteiger partial charge is 0.358 e. The molecule has 1 fully saturated rings. The highest BCUT2D eigenvalue weighted by Crippen LogP contribution is 2.20. The molecule has 0 atom stereocenters. The predicted molar refractivity (Wildman–Crippen MR) is 149 cm³/mol. The summed E-state index contributed by atoms with van der Waals surface area (Å²) in [5, 5.41) is 14.1. The number of carbonyl (C=O) groups is 6. The first-order valence-electron chi connectivity index (χ1n) is 13.3. The van der Waals surface area contributed by atoms with Crippen LogP contribution in [0.1, 0.15) is 28.9 Å². The fraction of sp³-hybridized carbons (Fsp3) is 0.370. The van der Waals surface area contributed by atoms with E-state index in [2.05, 4.69) is 20.5 Å². The number of pyridine rings is 1. The van der Waals surface area contributed by atoms with E-state index in [9.17, 15) is 37.2 Å². The van der Waals surface area contributed by atoms with Crippen molar-refractivity contribution in [3.05, 3.63) is 53.9 Å². The molecule has 1 aromatic heterocycles. The third-order valence-corrected chi connectivity index (χ3v) is 7.39. The summed E-state index contributed by atoms with van der Waals surface area (Å²) in [4.78, 5) is 77.8. The summed E-state index contributed by atoms with van der Waals surface area (Å²) >= 11 is 0. The van der Waals surface area contributed by atoms with Crippen LogP contribution in [0.15, 0.2) is 47.5 Å².